The van der Waals surface area contributed by atoms with Crippen LogP contribution in [0.4, 0.5) is 0 Å². The van der Waals surface area contributed by atoms with Gasteiger partial charge in [0.15, 0.2) is 11.5 Å². The Balaban J connectivity index is 2.69. The molecule has 0 radical (unpaired) electrons. The third-order valence-electron chi connectivity index (χ3n) is 2.20. The SMILES string of the molecule is CC1CC(=O)c2c(Cl)c(Cl)cc(Cl)c2O1. The van der Waals surface area contributed by atoms with Gasteiger partial charge in [-0.15, -0.1) is 0 Å². The van der Waals surface area contributed by atoms with Gasteiger partial charge in [-0.25, -0.2) is 0 Å². The number of benzene rings is 1. The monoisotopic (exact) mass is 264 g/mol. The number of ether oxygens (including phenoxy) is 1. The molecule has 0 amide bonds. The molecule has 0 N–H and O–H groups in total. The minimum absolute atomic E-state index is 0.0850. The highest BCUT2D eigenvalue weighted by Crippen LogP contribution is 2.42. The Hall–Kier alpha value is -0.440. The van der Waals surface area contributed by atoms with E-state index in [1.54, 1.807) is 6.92 Å². The van der Waals surface area contributed by atoms with Crippen LogP contribution in [0.2, 0.25) is 15.1 Å². The quantitative estimate of drug-likeness (QED) is 0.663. The molecular formula is C10H7Cl3O2. The number of fused-ring (bicyclic) bond motifs is 1. The maximum absolute atomic E-state index is 11.7. The number of hydrogen-bond donors (Lipinski definition) is 0. The Morgan fingerprint density at radius 2 is 2.00 bits per heavy atom. The van der Waals surface area contributed by atoms with Gasteiger partial charge in [-0.1, -0.05) is 34.8 Å². The smallest absolute Gasteiger partial charge is 0.171 e. The summed E-state index contributed by atoms with van der Waals surface area (Å²) in [5.74, 6) is 0.257. The maximum Gasteiger partial charge on any atom is 0.171 e. The van der Waals surface area contributed by atoms with Gasteiger partial charge in [0, 0.05) is 6.42 Å². The van der Waals surface area contributed by atoms with Gasteiger partial charge < -0.3 is 4.74 Å². The summed E-state index contributed by atoms with van der Waals surface area (Å²) in [5.41, 5.74) is 0.298. The lowest BCUT2D eigenvalue weighted by molar-refractivity contribution is 0.0871. The molecule has 0 spiro atoms. The average Bonchev–Trinajstić information content (AvgIpc) is 2.13. The number of rotatable bonds is 0. The Labute approximate surface area is 102 Å². The molecule has 0 saturated carbocycles. The summed E-state index contributed by atoms with van der Waals surface area (Å²) in [5, 5.41) is 0.805. The van der Waals surface area contributed by atoms with Crippen LogP contribution in [0, 0.1) is 0 Å². The lowest BCUT2D eigenvalue weighted by atomic mass is 10.0. The van der Waals surface area contributed by atoms with E-state index in [1.807, 2.05) is 0 Å². The largest absolute Gasteiger partial charge is 0.488 e. The molecule has 2 rings (SSSR count). The predicted molar refractivity (Wildman–Crippen MR) is 60.5 cm³/mol. The van der Waals surface area contributed by atoms with Gasteiger partial charge in [-0.3, -0.25) is 4.79 Å². The molecule has 0 fully saturated rings. The first kappa shape index (κ1) is 11.1. The van der Waals surface area contributed by atoms with Crippen LogP contribution in [-0.2, 0) is 0 Å². The van der Waals surface area contributed by atoms with Gasteiger partial charge in [-0.05, 0) is 13.0 Å². The highest BCUT2D eigenvalue weighted by Gasteiger charge is 2.29. The second kappa shape index (κ2) is 3.85. The maximum atomic E-state index is 11.7. The fourth-order valence-electron chi connectivity index (χ4n) is 1.55. The lowest BCUT2D eigenvalue weighted by Gasteiger charge is -2.24. The van der Waals surface area contributed by atoms with E-state index in [4.69, 9.17) is 39.5 Å². The van der Waals surface area contributed by atoms with Crippen LogP contribution < -0.4 is 4.74 Å². The normalized spacial score (nSPS) is 19.7. The van der Waals surface area contributed by atoms with Gasteiger partial charge in [0.25, 0.3) is 0 Å². The second-order valence-electron chi connectivity index (χ2n) is 3.41. The number of ketones is 1. The van der Waals surface area contributed by atoms with Crippen LogP contribution >= 0.6 is 34.8 Å². The second-order valence-corrected chi connectivity index (χ2v) is 4.61. The minimum atomic E-state index is -0.181. The topological polar surface area (TPSA) is 26.3 Å². The van der Waals surface area contributed by atoms with Crippen molar-refractivity contribution in [2.24, 2.45) is 0 Å². The molecule has 1 heterocycles. The van der Waals surface area contributed by atoms with Gasteiger partial charge >= 0.3 is 0 Å². The summed E-state index contributed by atoms with van der Waals surface area (Å²) in [6.45, 7) is 1.81. The lowest BCUT2D eigenvalue weighted by Crippen LogP contribution is -2.24. The van der Waals surface area contributed by atoms with E-state index in [9.17, 15) is 4.79 Å². The van der Waals surface area contributed by atoms with Crippen LogP contribution in [-0.4, -0.2) is 11.9 Å². The zero-order valence-electron chi connectivity index (χ0n) is 7.81. The van der Waals surface area contributed by atoms with Crippen molar-refractivity contribution in [2.75, 3.05) is 0 Å². The van der Waals surface area contributed by atoms with E-state index in [0.29, 0.717) is 22.8 Å². The minimum Gasteiger partial charge on any atom is -0.488 e. The molecule has 0 saturated heterocycles. The van der Waals surface area contributed by atoms with Gasteiger partial charge in [0.2, 0.25) is 0 Å². The first-order chi connectivity index (χ1) is 7.00. The zero-order valence-corrected chi connectivity index (χ0v) is 10.1. The first-order valence-electron chi connectivity index (χ1n) is 4.38. The summed E-state index contributed by atoms with van der Waals surface area (Å²) in [7, 11) is 0. The molecule has 1 atom stereocenters. The molecule has 5 heteroatoms. The van der Waals surface area contributed by atoms with Crippen molar-refractivity contribution in [3.8, 4) is 5.75 Å². The summed E-state index contributed by atoms with van der Waals surface area (Å²) >= 11 is 17.7. The summed E-state index contributed by atoms with van der Waals surface area (Å²) in [6, 6.07) is 1.48. The van der Waals surface area contributed by atoms with Gasteiger partial charge in [-0.2, -0.15) is 0 Å². The molecule has 0 bridgehead atoms. The molecule has 2 nitrogen and oxygen atoms in total. The van der Waals surface area contributed by atoms with Crippen molar-refractivity contribution in [3.05, 3.63) is 26.7 Å². The van der Waals surface area contributed by atoms with Crippen LogP contribution in [0.15, 0.2) is 6.07 Å². The van der Waals surface area contributed by atoms with E-state index >= 15 is 0 Å². The Morgan fingerprint density at radius 1 is 1.33 bits per heavy atom. The number of hydrogen-bond acceptors (Lipinski definition) is 2. The Morgan fingerprint density at radius 3 is 2.67 bits per heavy atom. The fraction of sp³-hybridized carbons (Fsp3) is 0.300. The van der Waals surface area contributed by atoms with Crippen LogP contribution in [0.3, 0.4) is 0 Å². The number of carbonyl (C=O) groups excluding carboxylic acids is 1. The van der Waals surface area contributed by atoms with E-state index in [0.717, 1.165) is 0 Å². The summed E-state index contributed by atoms with van der Waals surface area (Å²) in [4.78, 5) is 11.7. The van der Waals surface area contributed by atoms with Crippen molar-refractivity contribution >= 4 is 40.6 Å². The van der Waals surface area contributed by atoms with E-state index in [1.165, 1.54) is 6.07 Å². The van der Waals surface area contributed by atoms with Gasteiger partial charge in [0.05, 0.1) is 20.6 Å². The molecule has 15 heavy (non-hydrogen) atoms. The van der Waals surface area contributed by atoms with Crippen molar-refractivity contribution in [1.29, 1.82) is 0 Å². The molecule has 0 aromatic heterocycles. The predicted octanol–water partition coefficient (Wildman–Crippen LogP) is 4.00. The first-order valence-corrected chi connectivity index (χ1v) is 5.51. The average molecular weight is 266 g/mol. The molecule has 80 valence electrons. The van der Waals surface area contributed by atoms with Crippen LogP contribution in [0.25, 0.3) is 0 Å². The molecular weight excluding hydrogens is 258 g/mol. The molecule has 1 aromatic carbocycles. The number of Topliss-reactive ketones (excluding diaryl/α,β-unsaturated/α-hetero) is 1. The van der Waals surface area contributed by atoms with E-state index in [2.05, 4.69) is 0 Å². The molecule has 1 unspecified atom stereocenters. The van der Waals surface area contributed by atoms with Crippen molar-refractivity contribution in [3.63, 3.8) is 0 Å². The molecule has 1 aliphatic rings. The van der Waals surface area contributed by atoms with Crippen molar-refractivity contribution in [1.82, 2.24) is 0 Å². The highest BCUT2D eigenvalue weighted by atomic mass is 35.5. The summed E-state index contributed by atoms with van der Waals surface area (Å²) < 4.78 is 5.47. The Bertz CT molecular complexity index is 443. The van der Waals surface area contributed by atoms with E-state index in [-0.39, 0.29) is 21.9 Å². The molecule has 1 aromatic rings. The zero-order chi connectivity index (χ0) is 11.2. The van der Waals surface area contributed by atoms with E-state index < -0.39 is 0 Å². The van der Waals surface area contributed by atoms with Crippen LogP contribution in [0.5, 0.6) is 5.75 Å². The number of halogens is 3. The highest BCUT2D eigenvalue weighted by molar-refractivity contribution is 6.46. The molecule has 1 aliphatic heterocycles. The Kier molecular flexibility index (Phi) is 2.84. The molecule has 0 aliphatic carbocycles. The van der Waals surface area contributed by atoms with Crippen LogP contribution in [0.1, 0.15) is 23.7 Å². The van der Waals surface area contributed by atoms with Gasteiger partial charge in [0.1, 0.15) is 6.10 Å². The number of carbonyl (C=O) groups is 1. The third kappa shape index (κ3) is 1.82. The standard InChI is InChI=1S/C10H7Cl3O2/c1-4-2-7(14)8-9(13)5(11)3-6(12)10(8)15-4/h3-4H,2H2,1H3. The third-order valence-corrected chi connectivity index (χ3v) is 3.27. The van der Waals surface area contributed by atoms with Crippen molar-refractivity contribution in [2.45, 2.75) is 19.4 Å². The fourth-order valence-corrected chi connectivity index (χ4v) is 2.30. The summed E-state index contributed by atoms with van der Waals surface area (Å²) in [6.07, 6.45) is 0.114. The van der Waals surface area contributed by atoms with Crippen molar-refractivity contribution < 1.29 is 9.53 Å².